The predicted octanol–water partition coefficient (Wildman–Crippen LogP) is 3.77. The SMILES string of the molecule is O=CC1[C@@H](c2ccc(F)cc2)CCCN1Cc1ccccc1. The molecule has 0 spiro atoms. The Morgan fingerprint density at radius 2 is 1.82 bits per heavy atom. The Morgan fingerprint density at radius 1 is 1.09 bits per heavy atom. The molecule has 1 aliphatic rings. The van der Waals surface area contributed by atoms with Gasteiger partial charge in [0.25, 0.3) is 0 Å². The number of piperidine rings is 1. The molecule has 0 bridgehead atoms. The largest absolute Gasteiger partial charge is 0.302 e. The highest BCUT2D eigenvalue weighted by Gasteiger charge is 2.32. The van der Waals surface area contributed by atoms with Crippen LogP contribution in [0.5, 0.6) is 0 Å². The number of rotatable bonds is 4. The molecule has 2 atom stereocenters. The zero-order valence-electron chi connectivity index (χ0n) is 12.5. The van der Waals surface area contributed by atoms with Crippen molar-refractivity contribution in [1.82, 2.24) is 4.90 Å². The Morgan fingerprint density at radius 3 is 2.50 bits per heavy atom. The van der Waals surface area contributed by atoms with Crippen LogP contribution < -0.4 is 0 Å². The summed E-state index contributed by atoms with van der Waals surface area (Å²) in [5, 5.41) is 0. The van der Waals surface area contributed by atoms with Crippen molar-refractivity contribution >= 4 is 6.29 Å². The fraction of sp³-hybridized carbons (Fsp3) is 0.316. The lowest BCUT2D eigenvalue weighted by atomic mass is 9.84. The lowest BCUT2D eigenvalue weighted by Crippen LogP contribution is -2.44. The Bertz CT molecular complexity index is 611. The molecule has 0 amide bonds. The number of carbonyl (C=O) groups is 1. The first-order chi connectivity index (χ1) is 10.8. The molecular formula is C19H20FNO. The number of halogens is 1. The van der Waals surface area contributed by atoms with Gasteiger partial charge < -0.3 is 4.79 Å². The standard InChI is InChI=1S/C19H20FNO/c20-17-10-8-16(9-11-17)18-7-4-12-21(19(18)14-22)13-15-5-2-1-3-6-15/h1-3,5-6,8-11,14,18-19H,4,7,12-13H2/t18-,19?/m1/s1. The topological polar surface area (TPSA) is 20.3 Å². The summed E-state index contributed by atoms with van der Waals surface area (Å²) in [5.74, 6) is -0.0843. The van der Waals surface area contributed by atoms with Gasteiger partial charge in [0.1, 0.15) is 12.1 Å². The number of carbonyl (C=O) groups excluding carboxylic acids is 1. The van der Waals surface area contributed by atoms with E-state index in [2.05, 4.69) is 17.0 Å². The number of likely N-dealkylation sites (tertiary alicyclic amines) is 1. The molecule has 1 saturated heterocycles. The summed E-state index contributed by atoms with van der Waals surface area (Å²) in [6.45, 7) is 1.71. The van der Waals surface area contributed by atoms with Crippen molar-refractivity contribution < 1.29 is 9.18 Å². The fourth-order valence-corrected chi connectivity index (χ4v) is 3.35. The predicted molar refractivity (Wildman–Crippen MR) is 85.1 cm³/mol. The molecule has 1 heterocycles. The van der Waals surface area contributed by atoms with Crippen molar-refractivity contribution in [3.63, 3.8) is 0 Å². The quantitative estimate of drug-likeness (QED) is 0.801. The third-order valence-corrected chi connectivity index (χ3v) is 4.46. The molecular weight excluding hydrogens is 277 g/mol. The average molecular weight is 297 g/mol. The van der Waals surface area contributed by atoms with Gasteiger partial charge in [-0.15, -0.1) is 0 Å². The summed E-state index contributed by atoms with van der Waals surface area (Å²) in [6.07, 6.45) is 3.08. The zero-order chi connectivity index (χ0) is 15.4. The number of nitrogens with zero attached hydrogens (tertiary/aromatic N) is 1. The van der Waals surface area contributed by atoms with Gasteiger partial charge in [-0.25, -0.2) is 4.39 Å². The smallest absolute Gasteiger partial charge is 0.137 e. The number of aldehydes is 1. The van der Waals surface area contributed by atoms with E-state index in [9.17, 15) is 9.18 Å². The van der Waals surface area contributed by atoms with Crippen molar-refractivity contribution in [2.45, 2.75) is 31.3 Å². The van der Waals surface area contributed by atoms with Gasteiger partial charge in [-0.3, -0.25) is 4.90 Å². The van der Waals surface area contributed by atoms with E-state index in [1.807, 2.05) is 30.3 Å². The summed E-state index contributed by atoms with van der Waals surface area (Å²) in [6, 6.07) is 16.6. The van der Waals surface area contributed by atoms with Crippen LogP contribution in [0.1, 0.15) is 29.9 Å². The number of benzene rings is 2. The fourth-order valence-electron chi connectivity index (χ4n) is 3.35. The Hall–Kier alpha value is -2.00. The van der Waals surface area contributed by atoms with Crippen LogP contribution in [0.25, 0.3) is 0 Å². The van der Waals surface area contributed by atoms with Crippen LogP contribution in [-0.2, 0) is 11.3 Å². The third-order valence-electron chi connectivity index (χ3n) is 4.46. The van der Waals surface area contributed by atoms with Crippen molar-refractivity contribution in [3.8, 4) is 0 Å². The van der Waals surface area contributed by atoms with Crippen molar-refractivity contribution in [3.05, 3.63) is 71.5 Å². The minimum atomic E-state index is -0.233. The van der Waals surface area contributed by atoms with Gasteiger partial charge in [-0.2, -0.15) is 0 Å². The first-order valence-electron chi connectivity index (χ1n) is 7.76. The van der Waals surface area contributed by atoms with Crippen LogP contribution in [0.2, 0.25) is 0 Å². The van der Waals surface area contributed by atoms with Gasteiger partial charge >= 0.3 is 0 Å². The van der Waals surface area contributed by atoms with E-state index in [1.165, 1.54) is 17.7 Å². The maximum absolute atomic E-state index is 13.1. The van der Waals surface area contributed by atoms with Gasteiger partial charge in [0.2, 0.25) is 0 Å². The van der Waals surface area contributed by atoms with E-state index in [4.69, 9.17) is 0 Å². The normalized spacial score (nSPS) is 22.4. The van der Waals surface area contributed by atoms with Crippen LogP contribution in [0, 0.1) is 5.82 Å². The van der Waals surface area contributed by atoms with Gasteiger partial charge in [-0.05, 0) is 42.6 Å². The highest BCUT2D eigenvalue weighted by atomic mass is 19.1. The lowest BCUT2D eigenvalue weighted by Gasteiger charge is -2.38. The van der Waals surface area contributed by atoms with E-state index in [-0.39, 0.29) is 17.8 Å². The maximum Gasteiger partial charge on any atom is 0.137 e. The van der Waals surface area contributed by atoms with Gasteiger partial charge in [0.15, 0.2) is 0 Å². The highest BCUT2D eigenvalue weighted by molar-refractivity contribution is 5.60. The minimum Gasteiger partial charge on any atom is -0.302 e. The molecule has 3 heteroatoms. The van der Waals surface area contributed by atoms with Crippen molar-refractivity contribution in [1.29, 1.82) is 0 Å². The third kappa shape index (κ3) is 3.25. The molecule has 1 aliphatic heterocycles. The second-order valence-corrected chi connectivity index (χ2v) is 5.88. The van der Waals surface area contributed by atoms with Crippen LogP contribution in [-0.4, -0.2) is 23.8 Å². The van der Waals surface area contributed by atoms with Gasteiger partial charge in [0, 0.05) is 12.5 Å². The molecule has 114 valence electrons. The van der Waals surface area contributed by atoms with E-state index < -0.39 is 0 Å². The molecule has 2 aromatic rings. The molecule has 3 rings (SSSR count). The summed E-state index contributed by atoms with van der Waals surface area (Å²) in [7, 11) is 0. The van der Waals surface area contributed by atoms with Crippen LogP contribution in [0.4, 0.5) is 4.39 Å². The molecule has 1 unspecified atom stereocenters. The Labute approximate surface area is 130 Å². The average Bonchev–Trinajstić information content (AvgIpc) is 2.56. The van der Waals surface area contributed by atoms with E-state index in [0.717, 1.165) is 37.8 Å². The molecule has 0 N–H and O–H groups in total. The molecule has 2 aromatic carbocycles. The molecule has 1 fully saturated rings. The molecule has 0 saturated carbocycles. The van der Waals surface area contributed by atoms with E-state index >= 15 is 0 Å². The lowest BCUT2D eigenvalue weighted by molar-refractivity contribution is -0.114. The Balaban J connectivity index is 1.80. The monoisotopic (exact) mass is 297 g/mol. The van der Waals surface area contributed by atoms with Crippen LogP contribution in [0.3, 0.4) is 0 Å². The zero-order valence-corrected chi connectivity index (χ0v) is 12.5. The van der Waals surface area contributed by atoms with Gasteiger partial charge in [-0.1, -0.05) is 42.5 Å². The molecule has 22 heavy (non-hydrogen) atoms. The summed E-state index contributed by atoms with van der Waals surface area (Å²) < 4.78 is 13.1. The van der Waals surface area contributed by atoms with Crippen molar-refractivity contribution in [2.75, 3.05) is 6.54 Å². The van der Waals surface area contributed by atoms with E-state index in [0.29, 0.717) is 0 Å². The Kier molecular flexibility index (Phi) is 4.64. The first-order valence-corrected chi connectivity index (χ1v) is 7.76. The highest BCUT2D eigenvalue weighted by Crippen LogP contribution is 2.32. The number of hydrogen-bond donors (Lipinski definition) is 0. The van der Waals surface area contributed by atoms with Gasteiger partial charge in [0.05, 0.1) is 6.04 Å². The first kappa shape index (κ1) is 14.9. The molecule has 0 aromatic heterocycles. The summed E-state index contributed by atoms with van der Waals surface area (Å²) >= 11 is 0. The summed E-state index contributed by atoms with van der Waals surface area (Å²) in [4.78, 5) is 13.9. The molecule has 0 aliphatic carbocycles. The minimum absolute atomic E-state index is 0.139. The summed E-state index contributed by atoms with van der Waals surface area (Å²) in [5.41, 5.74) is 2.27. The van der Waals surface area contributed by atoms with E-state index in [1.54, 1.807) is 0 Å². The second kappa shape index (κ2) is 6.84. The van der Waals surface area contributed by atoms with Crippen molar-refractivity contribution in [2.24, 2.45) is 0 Å². The molecule has 2 nitrogen and oxygen atoms in total. The maximum atomic E-state index is 13.1. The molecule has 0 radical (unpaired) electrons. The van der Waals surface area contributed by atoms with Crippen LogP contribution in [0.15, 0.2) is 54.6 Å². The van der Waals surface area contributed by atoms with Crippen LogP contribution >= 0.6 is 0 Å². The number of hydrogen-bond acceptors (Lipinski definition) is 2. The second-order valence-electron chi connectivity index (χ2n) is 5.88.